The van der Waals surface area contributed by atoms with Crippen LogP contribution in [0.3, 0.4) is 0 Å². The summed E-state index contributed by atoms with van der Waals surface area (Å²) in [6.45, 7) is 6.58. The standard InChI is InChI=1S/C14H21NO3S/c1-11(2)18-8-9-19(16,17)15-7-6-13-5-4-12(3)10-14(13)15/h4-5,10-11H,6-9H2,1-3H3. The van der Waals surface area contributed by atoms with E-state index in [1.807, 2.05) is 39.0 Å². The van der Waals surface area contributed by atoms with Crippen molar-refractivity contribution in [2.45, 2.75) is 33.3 Å². The van der Waals surface area contributed by atoms with Crippen LogP contribution >= 0.6 is 0 Å². The fraction of sp³-hybridized carbons (Fsp3) is 0.571. The van der Waals surface area contributed by atoms with Crippen LogP contribution in [0.4, 0.5) is 5.69 Å². The van der Waals surface area contributed by atoms with E-state index in [9.17, 15) is 8.42 Å². The molecule has 0 atom stereocenters. The second-order valence-electron chi connectivity index (χ2n) is 5.19. The highest BCUT2D eigenvalue weighted by Gasteiger charge is 2.29. The number of anilines is 1. The van der Waals surface area contributed by atoms with Gasteiger partial charge in [-0.3, -0.25) is 4.31 Å². The lowest BCUT2D eigenvalue weighted by Crippen LogP contribution is -2.33. The lowest BCUT2D eigenvalue weighted by Gasteiger charge is -2.20. The molecule has 0 spiro atoms. The first-order valence-electron chi connectivity index (χ1n) is 6.62. The van der Waals surface area contributed by atoms with Gasteiger partial charge in [0.2, 0.25) is 10.0 Å². The molecular weight excluding hydrogens is 262 g/mol. The zero-order valence-electron chi connectivity index (χ0n) is 11.7. The van der Waals surface area contributed by atoms with Crippen LogP contribution in [0.15, 0.2) is 18.2 Å². The first kappa shape index (κ1) is 14.3. The molecule has 1 aromatic rings. The van der Waals surface area contributed by atoms with Gasteiger partial charge in [-0.25, -0.2) is 8.42 Å². The maximum absolute atomic E-state index is 12.3. The average Bonchev–Trinajstić information content (AvgIpc) is 2.71. The van der Waals surface area contributed by atoms with E-state index in [1.165, 1.54) is 4.31 Å². The third kappa shape index (κ3) is 3.28. The molecule has 1 aliphatic rings. The molecule has 0 unspecified atom stereocenters. The summed E-state index contributed by atoms with van der Waals surface area (Å²) in [5.41, 5.74) is 3.03. The van der Waals surface area contributed by atoms with E-state index in [-0.39, 0.29) is 18.5 Å². The van der Waals surface area contributed by atoms with Gasteiger partial charge in [-0.05, 0) is 44.4 Å². The fourth-order valence-electron chi connectivity index (χ4n) is 2.25. The summed E-state index contributed by atoms with van der Waals surface area (Å²) < 4.78 is 31.5. The Hall–Kier alpha value is -1.07. The van der Waals surface area contributed by atoms with Crippen molar-refractivity contribution in [1.82, 2.24) is 0 Å². The van der Waals surface area contributed by atoms with Crippen molar-refractivity contribution < 1.29 is 13.2 Å². The summed E-state index contributed by atoms with van der Waals surface area (Å²) in [4.78, 5) is 0. The molecule has 0 radical (unpaired) electrons. The smallest absolute Gasteiger partial charge is 0.237 e. The predicted molar refractivity (Wildman–Crippen MR) is 77.1 cm³/mol. The molecule has 0 aliphatic carbocycles. The summed E-state index contributed by atoms with van der Waals surface area (Å²) in [5, 5.41) is 0. The molecule has 0 fully saturated rings. The Kier molecular flexibility index (Phi) is 4.16. The Labute approximate surface area is 115 Å². The highest BCUT2D eigenvalue weighted by atomic mass is 32.2. The highest BCUT2D eigenvalue weighted by molar-refractivity contribution is 7.92. The van der Waals surface area contributed by atoms with Crippen LogP contribution in [-0.4, -0.2) is 33.4 Å². The van der Waals surface area contributed by atoms with Crippen LogP contribution in [0.2, 0.25) is 0 Å². The Morgan fingerprint density at radius 3 is 2.79 bits per heavy atom. The van der Waals surface area contributed by atoms with E-state index in [2.05, 4.69) is 0 Å². The SMILES string of the molecule is Cc1ccc2c(c1)N(S(=O)(=O)CCOC(C)C)CC2. The van der Waals surface area contributed by atoms with Gasteiger partial charge >= 0.3 is 0 Å². The first-order chi connectivity index (χ1) is 8.90. The van der Waals surface area contributed by atoms with Crippen molar-refractivity contribution >= 4 is 15.7 Å². The van der Waals surface area contributed by atoms with E-state index >= 15 is 0 Å². The van der Waals surface area contributed by atoms with Gasteiger partial charge in [0.25, 0.3) is 0 Å². The van der Waals surface area contributed by atoms with Crippen LogP contribution in [0.1, 0.15) is 25.0 Å². The van der Waals surface area contributed by atoms with Gasteiger partial charge in [0.1, 0.15) is 0 Å². The van der Waals surface area contributed by atoms with Gasteiger partial charge in [-0.15, -0.1) is 0 Å². The average molecular weight is 283 g/mol. The quantitative estimate of drug-likeness (QED) is 0.831. The highest BCUT2D eigenvalue weighted by Crippen LogP contribution is 2.31. The molecule has 5 heteroatoms. The molecule has 4 nitrogen and oxygen atoms in total. The van der Waals surface area contributed by atoms with E-state index in [1.54, 1.807) is 0 Å². The Morgan fingerprint density at radius 1 is 1.37 bits per heavy atom. The molecule has 1 aliphatic heterocycles. The normalized spacial score (nSPS) is 15.1. The molecule has 106 valence electrons. The van der Waals surface area contributed by atoms with E-state index < -0.39 is 10.0 Å². The number of aryl methyl sites for hydroxylation is 1. The molecule has 0 bridgehead atoms. The number of fused-ring (bicyclic) bond motifs is 1. The van der Waals surface area contributed by atoms with Gasteiger partial charge in [0.05, 0.1) is 24.2 Å². The zero-order chi connectivity index (χ0) is 14.0. The van der Waals surface area contributed by atoms with Gasteiger partial charge in [-0.2, -0.15) is 0 Å². The minimum Gasteiger partial charge on any atom is -0.378 e. The van der Waals surface area contributed by atoms with Crippen LogP contribution in [0.5, 0.6) is 0 Å². The van der Waals surface area contributed by atoms with Crippen molar-refractivity contribution in [3.8, 4) is 0 Å². The third-order valence-corrected chi connectivity index (χ3v) is 4.96. The van der Waals surface area contributed by atoms with E-state index in [0.717, 1.165) is 23.2 Å². The Morgan fingerprint density at radius 2 is 2.11 bits per heavy atom. The van der Waals surface area contributed by atoms with Crippen LogP contribution in [-0.2, 0) is 21.2 Å². The largest absolute Gasteiger partial charge is 0.378 e. The van der Waals surface area contributed by atoms with Gasteiger partial charge < -0.3 is 4.74 Å². The van der Waals surface area contributed by atoms with Crippen molar-refractivity contribution in [3.63, 3.8) is 0 Å². The maximum atomic E-state index is 12.3. The molecule has 0 amide bonds. The fourth-order valence-corrected chi connectivity index (χ4v) is 3.61. The van der Waals surface area contributed by atoms with Crippen LogP contribution in [0.25, 0.3) is 0 Å². The van der Waals surface area contributed by atoms with Gasteiger partial charge in [0, 0.05) is 6.54 Å². The molecular formula is C14H21NO3S. The van der Waals surface area contributed by atoms with Crippen LogP contribution in [0, 0.1) is 6.92 Å². The first-order valence-corrected chi connectivity index (χ1v) is 8.22. The molecule has 0 saturated heterocycles. The molecule has 19 heavy (non-hydrogen) atoms. The van der Waals surface area contributed by atoms with Crippen LogP contribution < -0.4 is 4.31 Å². The molecule has 1 heterocycles. The topological polar surface area (TPSA) is 46.6 Å². The summed E-state index contributed by atoms with van der Waals surface area (Å²) in [6.07, 6.45) is 0.850. The lowest BCUT2D eigenvalue weighted by molar-refractivity contribution is 0.0912. The Bertz CT molecular complexity index is 552. The minimum atomic E-state index is -3.28. The summed E-state index contributed by atoms with van der Waals surface area (Å²) in [5.74, 6) is 0.0402. The maximum Gasteiger partial charge on any atom is 0.237 e. The number of hydrogen-bond donors (Lipinski definition) is 0. The summed E-state index contributed by atoms with van der Waals surface area (Å²) >= 11 is 0. The predicted octanol–water partition coefficient (Wildman–Crippen LogP) is 2.11. The number of rotatable bonds is 5. The van der Waals surface area contributed by atoms with Crippen molar-refractivity contribution in [2.75, 3.05) is 23.2 Å². The summed E-state index contributed by atoms with van der Waals surface area (Å²) in [6, 6.07) is 5.99. The second kappa shape index (κ2) is 5.51. The number of hydrogen-bond acceptors (Lipinski definition) is 3. The summed E-state index contributed by atoms with van der Waals surface area (Å²) in [7, 11) is -3.28. The van der Waals surface area contributed by atoms with Gasteiger partial charge in [-0.1, -0.05) is 12.1 Å². The number of sulfonamides is 1. The molecule has 1 aromatic carbocycles. The monoisotopic (exact) mass is 283 g/mol. The van der Waals surface area contributed by atoms with E-state index in [0.29, 0.717) is 6.54 Å². The van der Waals surface area contributed by atoms with Gasteiger partial charge in [0.15, 0.2) is 0 Å². The van der Waals surface area contributed by atoms with E-state index in [4.69, 9.17) is 4.74 Å². The van der Waals surface area contributed by atoms with Crippen molar-refractivity contribution in [2.24, 2.45) is 0 Å². The Balaban J connectivity index is 2.13. The number of benzene rings is 1. The molecule has 2 rings (SSSR count). The number of nitrogens with zero attached hydrogens (tertiary/aromatic N) is 1. The molecule has 0 saturated carbocycles. The zero-order valence-corrected chi connectivity index (χ0v) is 12.5. The second-order valence-corrected chi connectivity index (χ2v) is 7.20. The lowest BCUT2D eigenvalue weighted by atomic mass is 10.1. The van der Waals surface area contributed by atoms with Crippen molar-refractivity contribution in [1.29, 1.82) is 0 Å². The minimum absolute atomic E-state index is 0.0402. The number of ether oxygens (including phenoxy) is 1. The molecule has 0 aromatic heterocycles. The molecule has 0 N–H and O–H groups in total. The van der Waals surface area contributed by atoms with Crippen molar-refractivity contribution in [3.05, 3.63) is 29.3 Å². The third-order valence-electron chi connectivity index (χ3n) is 3.22.